The van der Waals surface area contributed by atoms with Crippen LogP contribution in [0.15, 0.2) is 34.0 Å². The van der Waals surface area contributed by atoms with E-state index in [1.807, 2.05) is 4.98 Å². The fourth-order valence-corrected chi connectivity index (χ4v) is 1.62. The minimum atomic E-state index is -1.49. The fraction of sp³-hybridized carbons (Fsp3) is 0.0833. The summed E-state index contributed by atoms with van der Waals surface area (Å²) in [5, 5.41) is 8.84. The Morgan fingerprint density at radius 1 is 1.40 bits per heavy atom. The van der Waals surface area contributed by atoms with Crippen LogP contribution in [0.4, 0.5) is 4.39 Å². The summed E-state index contributed by atoms with van der Waals surface area (Å²) in [5.41, 5.74) is -2.45. The van der Waals surface area contributed by atoms with Gasteiger partial charge >= 0.3 is 11.7 Å². The van der Waals surface area contributed by atoms with E-state index in [4.69, 9.17) is 9.84 Å². The molecular weight excluding hydrogens is 271 g/mol. The molecule has 0 spiro atoms. The minimum absolute atomic E-state index is 0.0234. The Labute approximate surface area is 110 Å². The molecule has 104 valence electrons. The third kappa shape index (κ3) is 2.30. The molecule has 0 bridgehead atoms. The molecule has 0 aliphatic heterocycles. The number of nitrogens with zero attached hydrogens (tertiary/aromatic N) is 1. The molecule has 0 amide bonds. The Kier molecular flexibility index (Phi) is 3.38. The van der Waals surface area contributed by atoms with Crippen LogP contribution in [0.1, 0.15) is 10.4 Å². The molecule has 7 nitrogen and oxygen atoms in total. The van der Waals surface area contributed by atoms with Gasteiger partial charge in [-0.05, 0) is 12.1 Å². The van der Waals surface area contributed by atoms with E-state index in [0.29, 0.717) is 0 Å². The van der Waals surface area contributed by atoms with Crippen molar-refractivity contribution >= 4 is 5.97 Å². The molecule has 2 N–H and O–H groups in total. The molecule has 1 heterocycles. The second kappa shape index (κ2) is 5.00. The smallest absolute Gasteiger partial charge is 0.342 e. The van der Waals surface area contributed by atoms with Crippen LogP contribution in [0.25, 0.3) is 5.69 Å². The summed E-state index contributed by atoms with van der Waals surface area (Å²) in [6.07, 6.45) is 0.838. The number of carbonyl (C=O) groups is 1. The van der Waals surface area contributed by atoms with Gasteiger partial charge in [-0.25, -0.2) is 14.0 Å². The van der Waals surface area contributed by atoms with Crippen molar-refractivity contribution in [2.45, 2.75) is 0 Å². The lowest BCUT2D eigenvalue weighted by atomic mass is 10.2. The number of nitrogens with one attached hydrogen (secondary N) is 1. The van der Waals surface area contributed by atoms with E-state index >= 15 is 0 Å². The van der Waals surface area contributed by atoms with Crippen LogP contribution in [0, 0.1) is 5.82 Å². The highest BCUT2D eigenvalue weighted by Crippen LogP contribution is 2.19. The number of aromatic amines is 1. The average Bonchev–Trinajstić information content (AvgIpc) is 2.38. The number of aromatic carboxylic acids is 1. The van der Waals surface area contributed by atoms with E-state index in [1.165, 1.54) is 19.2 Å². The SMILES string of the molecule is COc1ccc(-n2cc(C(=O)O)c(=O)[nH]c2=O)cc1F. The van der Waals surface area contributed by atoms with E-state index in [9.17, 15) is 18.8 Å². The summed E-state index contributed by atoms with van der Waals surface area (Å²) < 4.78 is 19.1. The Hall–Kier alpha value is -2.90. The summed E-state index contributed by atoms with van der Waals surface area (Å²) in [7, 11) is 1.28. The maximum atomic E-state index is 13.6. The van der Waals surface area contributed by atoms with Gasteiger partial charge in [0.1, 0.15) is 5.56 Å². The molecule has 0 saturated heterocycles. The normalized spacial score (nSPS) is 10.3. The van der Waals surface area contributed by atoms with Crippen LogP contribution < -0.4 is 16.0 Å². The number of methoxy groups -OCH3 is 1. The molecule has 0 radical (unpaired) electrons. The van der Waals surface area contributed by atoms with Gasteiger partial charge in [0, 0.05) is 12.3 Å². The van der Waals surface area contributed by atoms with Gasteiger partial charge in [-0.2, -0.15) is 0 Å². The van der Waals surface area contributed by atoms with Gasteiger partial charge in [0.05, 0.1) is 12.8 Å². The van der Waals surface area contributed by atoms with E-state index in [1.54, 1.807) is 0 Å². The number of hydrogen-bond donors (Lipinski definition) is 2. The van der Waals surface area contributed by atoms with Crippen molar-refractivity contribution in [1.82, 2.24) is 9.55 Å². The van der Waals surface area contributed by atoms with Crippen molar-refractivity contribution in [3.8, 4) is 11.4 Å². The molecule has 0 aliphatic carbocycles. The molecule has 2 aromatic rings. The van der Waals surface area contributed by atoms with Gasteiger partial charge in [0.2, 0.25) is 0 Å². The molecule has 0 atom stereocenters. The molecule has 0 unspecified atom stereocenters. The number of rotatable bonds is 3. The van der Waals surface area contributed by atoms with Crippen molar-refractivity contribution in [3.63, 3.8) is 0 Å². The molecule has 1 aromatic carbocycles. The van der Waals surface area contributed by atoms with Crippen LogP contribution in [0.3, 0.4) is 0 Å². The molecule has 0 saturated carbocycles. The highest BCUT2D eigenvalue weighted by molar-refractivity contribution is 5.86. The van der Waals surface area contributed by atoms with E-state index in [0.717, 1.165) is 16.8 Å². The highest BCUT2D eigenvalue weighted by Gasteiger charge is 2.13. The number of aromatic nitrogens is 2. The van der Waals surface area contributed by atoms with Gasteiger partial charge < -0.3 is 9.84 Å². The van der Waals surface area contributed by atoms with Crippen LogP contribution in [0.5, 0.6) is 5.75 Å². The summed E-state index contributed by atoms with van der Waals surface area (Å²) in [6, 6.07) is 3.63. The van der Waals surface area contributed by atoms with Crippen molar-refractivity contribution < 1.29 is 19.0 Å². The molecule has 1 aromatic heterocycles. The van der Waals surface area contributed by atoms with Crippen molar-refractivity contribution in [3.05, 3.63) is 56.6 Å². The summed E-state index contributed by atoms with van der Waals surface area (Å²) >= 11 is 0. The largest absolute Gasteiger partial charge is 0.494 e. The maximum absolute atomic E-state index is 13.6. The number of carboxylic acid groups (broad SMARTS) is 1. The van der Waals surface area contributed by atoms with Crippen molar-refractivity contribution in [1.29, 1.82) is 0 Å². The minimum Gasteiger partial charge on any atom is -0.494 e. The monoisotopic (exact) mass is 280 g/mol. The molecular formula is C12H9FN2O5. The van der Waals surface area contributed by atoms with E-state index < -0.39 is 28.6 Å². The molecule has 2 rings (SSSR count). The number of hydrogen-bond acceptors (Lipinski definition) is 4. The lowest BCUT2D eigenvalue weighted by molar-refractivity contribution is 0.0694. The van der Waals surface area contributed by atoms with Crippen LogP contribution in [-0.2, 0) is 0 Å². The predicted molar refractivity (Wildman–Crippen MR) is 66.1 cm³/mol. The number of halogens is 1. The first-order valence-corrected chi connectivity index (χ1v) is 5.37. The number of carboxylic acids is 1. The second-order valence-electron chi connectivity index (χ2n) is 3.80. The standard InChI is InChI=1S/C12H9FN2O5/c1-20-9-3-2-6(4-8(9)13)15-5-7(11(17)18)10(16)14-12(15)19/h2-5H,1H3,(H,17,18)(H,14,16,19). The number of ether oxygens (including phenoxy) is 1. The zero-order valence-electron chi connectivity index (χ0n) is 10.2. The quantitative estimate of drug-likeness (QED) is 0.846. The first-order valence-electron chi connectivity index (χ1n) is 5.37. The van der Waals surface area contributed by atoms with Crippen molar-refractivity contribution in [2.24, 2.45) is 0 Å². The van der Waals surface area contributed by atoms with Crippen LogP contribution in [0.2, 0.25) is 0 Å². The lowest BCUT2D eigenvalue weighted by Gasteiger charge is -2.08. The molecule has 20 heavy (non-hydrogen) atoms. The first-order chi connectivity index (χ1) is 9.43. The first kappa shape index (κ1) is 13.5. The lowest BCUT2D eigenvalue weighted by Crippen LogP contribution is -2.32. The third-order valence-corrected chi connectivity index (χ3v) is 2.59. The molecule has 0 aliphatic rings. The summed E-state index contributed by atoms with van der Waals surface area (Å²) in [5.74, 6) is -2.24. The fourth-order valence-electron chi connectivity index (χ4n) is 1.62. The van der Waals surface area contributed by atoms with Gasteiger partial charge in [0.25, 0.3) is 5.56 Å². The Bertz CT molecular complexity index is 793. The third-order valence-electron chi connectivity index (χ3n) is 2.59. The van der Waals surface area contributed by atoms with Crippen molar-refractivity contribution in [2.75, 3.05) is 7.11 Å². The average molecular weight is 280 g/mol. The van der Waals surface area contributed by atoms with Gasteiger partial charge in [-0.15, -0.1) is 0 Å². The highest BCUT2D eigenvalue weighted by atomic mass is 19.1. The topological polar surface area (TPSA) is 101 Å². The Balaban J connectivity index is 2.66. The molecule has 8 heteroatoms. The molecule has 0 fully saturated rings. The zero-order chi connectivity index (χ0) is 14.9. The Morgan fingerprint density at radius 3 is 2.65 bits per heavy atom. The predicted octanol–water partition coefficient (Wildman–Crippen LogP) is 0.372. The van der Waals surface area contributed by atoms with Gasteiger partial charge in [-0.1, -0.05) is 0 Å². The van der Waals surface area contributed by atoms with Gasteiger partial charge in [-0.3, -0.25) is 14.3 Å². The van der Waals surface area contributed by atoms with Crippen LogP contribution >= 0.6 is 0 Å². The summed E-state index contributed by atoms with van der Waals surface area (Å²) in [4.78, 5) is 35.6. The number of H-pyrrole nitrogens is 1. The summed E-state index contributed by atoms with van der Waals surface area (Å²) in [6.45, 7) is 0. The zero-order valence-corrected chi connectivity index (χ0v) is 10.2. The van der Waals surface area contributed by atoms with E-state index in [-0.39, 0.29) is 11.4 Å². The second-order valence-corrected chi connectivity index (χ2v) is 3.80. The Morgan fingerprint density at radius 2 is 2.10 bits per heavy atom. The van der Waals surface area contributed by atoms with Gasteiger partial charge in [0.15, 0.2) is 11.6 Å². The van der Waals surface area contributed by atoms with Crippen LogP contribution in [-0.4, -0.2) is 27.7 Å². The number of benzene rings is 1. The maximum Gasteiger partial charge on any atom is 0.342 e. The van der Waals surface area contributed by atoms with E-state index in [2.05, 4.69) is 0 Å².